The minimum Gasteiger partial charge on any atom is -0.325 e. The van der Waals surface area contributed by atoms with Crippen LogP contribution < -0.4 is 5.32 Å². The van der Waals surface area contributed by atoms with Gasteiger partial charge in [0, 0.05) is 10.9 Å². The summed E-state index contributed by atoms with van der Waals surface area (Å²) in [6.07, 6.45) is 0.219. The molecular weight excluding hydrogens is 268 g/mol. The minimum absolute atomic E-state index is 0.140. The fourth-order valence-electron chi connectivity index (χ4n) is 1.25. The van der Waals surface area contributed by atoms with Gasteiger partial charge in [-0.25, -0.2) is 0 Å². The molecule has 0 heterocycles. The Labute approximate surface area is 104 Å². The highest BCUT2D eigenvalue weighted by atomic mass is 79.9. The van der Waals surface area contributed by atoms with Crippen molar-refractivity contribution in [3.63, 3.8) is 0 Å². The lowest BCUT2D eigenvalue weighted by Crippen LogP contribution is -2.14. The number of amides is 1. The maximum atomic E-state index is 11.5. The molecule has 0 bridgehead atoms. The van der Waals surface area contributed by atoms with Crippen molar-refractivity contribution in [1.82, 2.24) is 0 Å². The molecule has 0 fully saturated rings. The van der Waals surface area contributed by atoms with Crippen molar-refractivity contribution in [2.24, 2.45) is 5.92 Å². The van der Waals surface area contributed by atoms with Crippen molar-refractivity contribution in [3.8, 4) is 6.07 Å². The third-order valence-electron chi connectivity index (χ3n) is 2.11. The van der Waals surface area contributed by atoms with Crippen LogP contribution in [0.1, 0.15) is 18.9 Å². The van der Waals surface area contributed by atoms with Gasteiger partial charge >= 0.3 is 0 Å². The van der Waals surface area contributed by atoms with Crippen molar-refractivity contribution in [1.29, 1.82) is 5.26 Å². The van der Waals surface area contributed by atoms with Crippen LogP contribution in [0.2, 0.25) is 0 Å². The maximum absolute atomic E-state index is 11.5. The number of aryl methyl sites for hydroxylation is 1. The van der Waals surface area contributed by atoms with Crippen LogP contribution in [0, 0.1) is 24.2 Å². The summed E-state index contributed by atoms with van der Waals surface area (Å²) in [5.41, 5.74) is 1.86. The van der Waals surface area contributed by atoms with Crippen molar-refractivity contribution >= 4 is 27.5 Å². The Bertz CT molecular complexity index is 437. The summed E-state index contributed by atoms with van der Waals surface area (Å²) >= 11 is 3.38. The molecule has 84 valence electrons. The monoisotopic (exact) mass is 280 g/mol. The second-order valence-electron chi connectivity index (χ2n) is 3.77. The number of rotatable bonds is 3. The van der Waals surface area contributed by atoms with Crippen LogP contribution in [0.15, 0.2) is 22.7 Å². The molecule has 0 aromatic heterocycles. The summed E-state index contributed by atoms with van der Waals surface area (Å²) in [4.78, 5) is 11.5. The number of nitrogens with one attached hydrogen (secondary N) is 1. The number of hydrogen-bond acceptors (Lipinski definition) is 2. The molecule has 1 N–H and O–H groups in total. The van der Waals surface area contributed by atoms with Crippen molar-refractivity contribution in [3.05, 3.63) is 28.2 Å². The van der Waals surface area contributed by atoms with Crippen LogP contribution in [-0.4, -0.2) is 5.91 Å². The van der Waals surface area contributed by atoms with Gasteiger partial charge in [-0.3, -0.25) is 4.79 Å². The second kappa shape index (κ2) is 5.66. The van der Waals surface area contributed by atoms with E-state index in [1.165, 1.54) is 0 Å². The Kier molecular flexibility index (Phi) is 4.51. The van der Waals surface area contributed by atoms with E-state index in [0.29, 0.717) is 0 Å². The molecule has 1 atom stereocenters. The van der Waals surface area contributed by atoms with Gasteiger partial charge in [-0.1, -0.05) is 6.07 Å². The molecule has 0 aliphatic heterocycles. The molecule has 1 aromatic rings. The standard InChI is InChI=1S/C12H13BrN2O/c1-8-3-4-11(10(13)5-8)15-12(16)6-9(2)7-14/h3-5,9H,6H2,1-2H3,(H,15,16). The highest BCUT2D eigenvalue weighted by Crippen LogP contribution is 2.23. The Morgan fingerprint density at radius 1 is 1.62 bits per heavy atom. The van der Waals surface area contributed by atoms with Gasteiger partial charge in [0.1, 0.15) is 0 Å². The number of carbonyl (C=O) groups excluding carboxylic acids is 1. The predicted molar refractivity (Wildman–Crippen MR) is 66.9 cm³/mol. The van der Waals surface area contributed by atoms with Crippen LogP contribution >= 0.6 is 15.9 Å². The molecule has 1 aromatic carbocycles. The van der Waals surface area contributed by atoms with Crippen LogP contribution in [-0.2, 0) is 4.79 Å². The van der Waals surface area contributed by atoms with E-state index in [9.17, 15) is 4.79 Å². The van der Waals surface area contributed by atoms with Gasteiger partial charge in [0.2, 0.25) is 5.91 Å². The van der Waals surface area contributed by atoms with Gasteiger partial charge in [0.05, 0.1) is 17.7 Å². The highest BCUT2D eigenvalue weighted by molar-refractivity contribution is 9.10. The third kappa shape index (κ3) is 3.67. The molecule has 3 nitrogen and oxygen atoms in total. The molecule has 0 saturated heterocycles. The molecule has 1 amide bonds. The first-order valence-electron chi connectivity index (χ1n) is 4.98. The molecule has 0 aliphatic rings. The Balaban J connectivity index is 2.67. The first-order valence-corrected chi connectivity index (χ1v) is 5.78. The first kappa shape index (κ1) is 12.7. The van der Waals surface area contributed by atoms with E-state index >= 15 is 0 Å². The molecule has 1 unspecified atom stereocenters. The molecule has 0 spiro atoms. The number of hydrogen-bond donors (Lipinski definition) is 1. The smallest absolute Gasteiger partial charge is 0.225 e. The fraction of sp³-hybridized carbons (Fsp3) is 0.333. The lowest BCUT2D eigenvalue weighted by Gasteiger charge is -2.08. The maximum Gasteiger partial charge on any atom is 0.225 e. The van der Waals surface area contributed by atoms with E-state index in [-0.39, 0.29) is 18.2 Å². The predicted octanol–water partition coefficient (Wildman–Crippen LogP) is 3.25. The molecule has 0 aliphatic carbocycles. The number of nitriles is 1. The molecular formula is C12H13BrN2O. The lowest BCUT2D eigenvalue weighted by atomic mass is 10.1. The number of anilines is 1. The summed E-state index contributed by atoms with van der Waals surface area (Å²) in [6, 6.07) is 7.73. The normalized spacial score (nSPS) is 11.6. The van der Waals surface area contributed by atoms with E-state index < -0.39 is 0 Å². The summed E-state index contributed by atoms with van der Waals surface area (Å²) < 4.78 is 0.852. The summed E-state index contributed by atoms with van der Waals surface area (Å²) in [5, 5.41) is 11.4. The van der Waals surface area contributed by atoms with Crippen molar-refractivity contribution in [2.45, 2.75) is 20.3 Å². The summed E-state index contributed by atoms with van der Waals surface area (Å²) in [7, 11) is 0. The third-order valence-corrected chi connectivity index (χ3v) is 2.77. The van der Waals surface area contributed by atoms with Crippen LogP contribution in [0.25, 0.3) is 0 Å². The average Bonchev–Trinajstić information content (AvgIpc) is 2.22. The first-order chi connectivity index (χ1) is 7.52. The second-order valence-corrected chi connectivity index (χ2v) is 4.62. The van der Waals surface area contributed by atoms with E-state index in [4.69, 9.17) is 5.26 Å². The van der Waals surface area contributed by atoms with Crippen LogP contribution in [0.5, 0.6) is 0 Å². The van der Waals surface area contributed by atoms with Crippen LogP contribution in [0.4, 0.5) is 5.69 Å². The van der Waals surface area contributed by atoms with Crippen molar-refractivity contribution in [2.75, 3.05) is 5.32 Å². The van der Waals surface area contributed by atoms with E-state index in [0.717, 1.165) is 15.7 Å². The van der Waals surface area contributed by atoms with Gasteiger partial charge in [0.15, 0.2) is 0 Å². The van der Waals surface area contributed by atoms with Gasteiger partial charge in [-0.05, 0) is 47.5 Å². The average molecular weight is 281 g/mol. The Hall–Kier alpha value is -1.34. The summed E-state index contributed by atoms with van der Waals surface area (Å²) in [5.74, 6) is -0.400. The largest absolute Gasteiger partial charge is 0.325 e. The van der Waals surface area contributed by atoms with Gasteiger partial charge in [-0.2, -0.15) is 5.26 Å². The van der Waals surface area contributed by atoms with Crippen LogP contribution in [0.3, 0.4) is 0 Å². The van der Waals surface area contributed by atoms with Gasteiger partial charge in [-0.15, -0.1) is 0 Å². The molecule has 0 saturated carbocycles. The highest BCUT2D eigenvalue weighted by Gasteiger charge is 2.09. The van der Waals surface area contributed by atoms with Gasteiger partial charge in [0.25, 0.3) is 0 Å². The Morgan fingerprint density at radius 2 is 2.31 bits per heavy atom. The summed E-state index contributed by atoms with van der Waals surface area (Å²) in [6.45, 7) is 3.71. The zero-order valence-corrected chi connectivity index (χ0v) is 10.8. The number of halogens is 1. The quantitative estimate of drug-likeness (QED) is 0.924. The lowest BCUT2D eigenvalue weighted by molar-refractivity contribution is -0.116. The number of carbonyl (C=O) groups is 1. The molecule has 4 heteroatoms. The minimum atomic E-state index is -0.260. The molecule has 0 radical (unpaired) electrons. The van der Waals surface area contributed by atoms with E-state index in [2.05, 4.69) is 21.2 Å². The van der Waals surface area contributed by atoms with Gasteiger partial charge < -0.3 is 5.32 Å². The molecule has 1 rings (SSSR count). The zero-order valence-electron chi connectivity index (χ0n) is 9.25. The van der Waals surface area contributed by atoms with Crippen molar-refractivity contribution < 1.29 is 4.79 Å². The SMILES string of the molecule is Cc1ccc(NC(=O)CC(C)C#N)c(Br)c1. The Morgan fingerprint density at radius 3 is 2.88 bits per heavy atom. The topological polar surface area (TPSA) is 52.9 Å². The fourth-order valence-corrected chi connectivity index (χ4v) is 1.84. The van der Waals surface area contributed by atoms with E-state index in [1.807, 2.05) is 31.2 Å². The molecule has 16 heavy (non-hydrogen) atoms. The zero-order chi connectivity index (χ0) is 12.1. The van der Waals surface area contributed by atoms with E-state index in [1.54, 1.807) is 6.92 Å². The number of nitrogens with zero attached hydrogens (tertiary/aromatic N) is 1. The number of benzene rings is 1.